The molecule has 2 rings (SSSR count). The maximum absolute atomic E-state index is 13.9. The van der Waals surface area contributed by atoms with Crippen LogP contribution in [-0.4, -0.2) is 7.11 Å². The molecule has 19 heavy (non-hydrogen) atoms. The smallest absolute Gasteiger partial charge is 0.131 e. The van der Waals surface area contributed by atoms with Gasteiger partial charge in [0, 0.05) is 17.2 Å². The minimum atomic E-state index is -0.443. The largest absolute Gasteiger partial charge is 0.496 e. The van der Waals surface area contributed by atoms with Crippen LogP contribution in [-0.2, 0) is 0 Å². The minimum absolute atomic E-state index is 0.223. The van der Waals surface area contributed by atoms with Crippen molar-refractivity contribution in [3.8, 4) is 16.9 Å². The van der Waals surface area contributed by atoms with Crippen LogP contribution in [0.4, 0.5) is 8.78 Å². The molecular weight excluding hydrogens is 248 g/mol. The second-order valence-corrected chi connectivity index (χ2v) is 4.37. The van der Waals surface area contributed by atoms with E-state index in [2.05, 4.69) is 0 Å². The third kappa shape index (κ3) is 2.74. The quantitative estimate of drug-likeness (QED) is 0.917. The number of halogens is 2. The molecule has 0 fully saturated rings. The molecule has 0 aliphatic heterocycles. The van der Waals surface area contributed by atoms with E-state index in [1.807, 2.05) is 0 Å². The van der Waals surface area contributed by atoms with Gasteiger partial charge in [0.15, 0.2) is 0 Å². The Balaban J connectivity index is 2.63. The molecule has 0 amide bonds. The zero-order chi connectivity index (χ0) is 14.0. The summed E-state index contributed by atoms with van der Waals surface area (Å²) in [6, 6.07) is 8.35. The van der Waals surface area contributed by atoms with Crippen LogP contribution in [0, 0.1) is 11.6 Å². The van der Waals surface area contributed by atoms with Gasteiger partial charge in [-0.05, 0) is 42.8 Å². The maximum atomic E-state index is 13.9. The molecule has 0 bridgehead atoms. The number of methoxy groups -OCH3 is 1. The second kappa shape index (κ2) is 5.36. The van der Waals surface area contributed by atoms with E-state index in [0.29, 0.717) is 11.3 Å². The van der Waals surface area contributed by atoms with Gasteiger partial charge in [0.2, 0.25) is 0 Å². The fourth-order valence-electron chi connectivity index (χ4n) is 1.92. The SMILES string of the molecule is COc1ccc(F)cc1-c1cc(C(C)N)ccc1F. The van der Waals surface area contributed by atoms with Crippen LogP contribution in [0.3, 0.4) is 0 Å². The van der Waals surface area contributed by atoms with Crippen molar-refractivity contribution < 1.29 is 13.5 Å². The Hall–Kier alpha value is -1.94. The van der Waals surface area contributed by atoms with Crippen LogP contribution >= 0.6 is 0 Å². The summed E-state index contributed by atoms with van der Waals surface area (Å²) in [5.41, 5.74) is 7.22. The molecule has 0 spiro atoms. The van der Waals surface area contributed by atoms with Gasteiger partial charge in [0.1, 0.15) is 17.4 Å². The lowest BCUT2D eigenvalue weighted by molar-refractivity contribution is 0.415. The number of hydrogen-bond donors (Lipinski definition) is 1. The predicted octanol–water partition coefficient (Wildman–Crippen LogP) is 3.66. The Labute approximate surface area is 110 Å². The van der Waals surface area contributed by atoms with Crippen LogP contribution in [0.1, 0.15) is 18.5 Å². The highest BCUT2D eigenvalue weighted by molar-refractivity contribution is 5.71. The summed E-state index contributed by atoms with van der Waals surface area (Å²) in [5.74, 6) is -0.461. The predicted molar refractivity (Wildman–Crippen MR) is 70.9 cm³/mol. The molecule has 0 saturated heterocycles. The van der Waals surface area contributed by atoms with Crippen LogP contribution in [0.5, 0.6) is 5.75 Å². The zero-order valence-electron chi connectivity index (χ0n) is 10.8. The Morgan fingerprint density at radius 3 is 2.42 bits per heavy atom. The molecular formula is C15H15F2NO. The van der Waals surface area contributed by atoms with E-state index in [1.54, 1.807) is 19.1 Å². The molecule has 4 heteroatoms. The molecule has 0 saturated carbocycles. The normalized spacial score (nSPS) is 12.3. The van der Waals surface area contributed by atoms with E-state index in [0.717, 1.165) is 5.56 Å². The fourth-order valence-corrected chi connectivity index (χ4v) is 1.92. The first-order valence-electron chi connectivity index (χ1n) is 5.92. The molecule has 2 nitrogen and oxygen atoms in total. The van der Waals surface area contributed by atoms with Crippen molar-refractivity contribution >= 4 is 0 Å². The third-order valence-electron chi connectivity index (χ3n) is 2.97. The van der Waals surface area contributed by atoms with E-state index in [1.165, 1.54) is 31.4 Å². The molecule has 0 aromatic heterocycles. The molecule has 0 aliphatic rings. The van der Waals surface area contributed by atoms with Crippen LogP contribution in [0.15, 0.2) is 36.4 Å². The molecule has 1 atom stereocenters. The molecule has 0 aliphatic carbocycles. The second-order valence-electron chi connectivity index (χ2n) is 4.37. The standard InChI is InChI=1S/C15H15F2NO/c1-9(18)10-3-5-14(17)12(7-10)13-8-11(16)4-6-15(13)19-2/h3-9H,18H2,1-2H3. The van der Waals surface area contributed by atoms with Gasteiger partial charge >= 0.3 is 0 Å². The van der Waals surface area contributed by atoms with Gasteiger partial charge in [-0.3, -0.25) is 0 Å². The Morgan fingerprint density at radius 1 is 1.05 bits per heavy atom. The van der Waals surface area contributed by atoms with Crippen molar-refractivity contribution in [1.29, 1.82) is 0 Å². The van der Waals surface area contributed by atoms with E-state index in [-0.39, 0.29) is 11.6 Å². The number of benzene rings is 2. The van der Waals surface area contributed by atoms with Crippen LogP contribution < -0.4 is 10.5 Å². The first-order chi connectivity index (χ1) is 9.02. The van der Waals surface area contributed by atoms with Crippen molar-refractivity contribution in [1.82, 2.24) is 0 Å². The number of rotatable bonds is 3. The number of nitrogens with two attached hydrogens (primary N) is 1. The lowest BCUT2D eigenvalue weighted by Gasteiger charge is -2.12. The van der Waals surface area contributed by atoms with Gasteiger partial charge in [-0.15, -0.1) is 0 Å². The highest BCUT2D eigenvalue weighted by atomic mass is 19.1. The van der Waals surface area contributed by atoms with Crippen molar-refractivity contribution in [3.63, 3.8) is 0 Å². The van der Waals surface area contributed by atoms with Gasteiger partial charge in [0.25, 0.3) is 0 Å². The van der Waals surface area contributed by atoms with Gasteiger partial charge in [-0.25, -0.2) is 8.78 Å². The monoisotopic (exact) mass is 263 g/mol. The van der Waals surface area contributed by atoms with Gasteiger partial charge in [-0.2, -0.15) is 0 Å². The molecule has 1 unspecified atom stereocenters. The average molecular weight is 263 g/mol. The van der Waals surface area contributed by atoms with Crippen molar-refractivity contribution in [2.24, 2.45) is 5.73 Å². The highest BCUT2D eigenvalue weighted by Crippen LogP contribution is 2.33. The summed E-state index contributed by atoms with van der Waals surface area (Å²) in [6.07, 6.45) is 0. The molecule has 2 aromatic rings. The molecule has 2 N–H and O–H groups in total. The summed E-state index contributed by atoms with van der Waals surface area (Å²) in [5, 5.41) is 0. The van der Waals surface area contributed by atoms with Gasteiger partial charge < -0.3 is 10.5 Å². The van der Waals surface area contributed by atoms with Crippen LogP contribution in [0.2, 0.25) is 0 Å². The lowest BCUT2D eigenvalue weighted by atomic mass is 9.99. The minimum Gasteiger partial charge on any atom is -0.496 e. The van der Waals surface area contributed by atoms with Gasteiger partial charge in [0.05, 0.1) is 7.11 Å². The Kier molecular flexibility index (Phi) is 3.81. The Morgan fingerprint density at radius 2 is 1.79 bits per heavy atom. The van der Waals surface area contributed by atoms with Crippen molar-refractivity contribution in [2.75, 3.05) is 7.11 Å². The highest BCUT2D eigenvalue weighted by Gasteiger charge is 2.13. The van der Waals surface area contributed by atoms with Gasteiger partial charge in [-0.1, -0.05) is 6.07 Å². The molecule has 0 radical (unpaired) electrons. The van der Waals surface area contributed by atoms with Crippen LogP contribution in [0.25, 0.3) is 11.1 Å². The average Bonchev–Trinajstić information content (AvgIpc) is 2.39. The van der Waals surface area contributed by atoms with E-state index >= 15 is 0 Å². The zero-order valence-corrected chi connectivity index (χ0v) is 10.8. The van der Waals surface area contributed by atoms with E-state index in [9.17, 15) is 8.78 Å². The summed E-state index contributed by atoms with van der Waals surface area (Å²) in [4.78, 5) is 0. The van der Waals surface area contributed by atoms with Crippen molar-refractivity contribution in [2.45, 2.75) is 13.0 Å². The summed E-state index contributed by atoms with van der Waals surface area (Å²) in [6.45, 7) is 1.81. The van der Waals surface area contributed by atoms with E-state index < -0.39 is 11.6 Å². The Bertz CT molecular complexity index is 597. The van der Waals surface area contributed by atoms with Crippen molar-refractivity contribution in [3.05, 3.63) is 53.6 Å². The fraction of sp³-hybridized carbons (Fsp3) is 0.200. The topological polar surface area (TPSA) is 35.2 Å². The summed E-state index contributed by atoms with van der Waals surface area (Å²) < 4.78 is 32.5. The first-order valence-corrected chi connectivity index (χ1v) is 5.92. The molecule has 2 aromatic carbocycles. The number of hydrogen-bond acceptors (Lipinski definition) is 2. The maximum Gasteiger partial charge on any atom is 0.131 e. The number of ether oxygens (including phenoxy) is 1. The third-order valence-corrected chi connectivity index (χ3v) is 2.97. The first kappa shape index (κ1) is 13.5. The van der Waals surface area contributed by atoms with E-state index in [4.69, 9.17) is 10.5 Å². The summed E-state index contributed by atoms with van der Waals surface area (Å²) >= 11 is 0. The molecule has 100 valence electrons. The molecule has 0 heterocycles. The summed E-state index contributed by atoms with van der Waals surface area (Å²) in [7, 11) is 1.46. The lowest BCUT2D eigenvalue weighted by Crippen LogP contribution is -2.05.